The topological polar surface area (TPSA) is 93.8 Å². The fourth-order valence-corrected chi connectivity index (χ4v) is 4.28. The fourth-order valence-electron chi connectivity index (χ4n) is 2.06. The lowest BCUT2D eigenvalue weighted by atomic mass is 10.3. The number of nitrogens with one attached hydrogen (secondary N) is 2. The van der Waals surface area contributed by atoms with Gasteiger partial charge in [-0.1, -0.05) is 35.5 Å². The molecule has 26 heavy (non-hydrogen) atoms. The minimum absolute atomic E-state index is 0.138. The van der Waals surface area contributed by atoms with Gasteiger partial charge in [-0.25, -0.2) is 13.1 Å². The maximum Gasteiger partial charge on any atom is 0.284 e. The van der Waals surface area contributed by atoms with Crippen LogP contribution in [0.3, 0.4) is 0 Å². The molecule has 0 aliphatic rings. The van der Waals surface area contributed by atoms with Crippen LogP contribution in [0.15, 0.2) is 57.2 Å². The molecule has 7 nitrogen and oxygen atoms in total. The Hall–Kier alpha value is -1.65. The van der Waals surface area contributed by atoms with Gasteiger partial charge in [-0.05, 0) is 24.3 Å². The highest BCUT2D eigenvalue weighted by Gasteiger charge is 2.22. The summed E-state index contributed by atoms with van der Waals surface area (Å²) in [5.41, 5.74) is -0.281. The molecule has 0 radical (unpaired) electrons. The maximum absolute atomic E-state index is 12.3. The van der Waals surface area contributed by atoms with Gasteiger partial charge in [0.05, 0.1) is 46.9 Å². The first-order valence-electron chi connectivity index (χ1n) is 7.70. The van der Waals surface area contributed by atoms with E-state index in [0.29, 0.717) is 21.4 Å². The second-order valence-corrected chi connectivity index (χ2v) is 9.03. The lowest BCUT2D eigenvalue weighted by Gasteiger charge is -2.10. The lowest BCUT2D eigenvalue weighted by Crippen LogP contribution is -3.06. The summed E-state index contributed by atoms with van der Waals surface area (Å²) in [5.74, 6) is 0. The summed E-state index contributed by atoms with van der Waals surface area (Å²) in [6, 6.07) is 10.8. The van der Waals surface area contributed by atoms with Gasteiger partial charge in [0.1, 0.15) is 0 Å². The maximum atomic E-state index is 12.3. The average molecular weight is 417 g/mol. The zero-order valence-electron chi connectivity index (χ0n) is 14.2. The fraction of sp³-hybridized carbons (Fsp3) is 0.250. The van der Waals surface area contributed by atoms with Gasteiger partial charge >= 0.3 is 0 Å². The standard InChI is InChI=1S/C16H18ClN3O4S2/c1-19(2)10-9-18-26(23,24)12-7-8-16(14(11-12)20(21)22)25-15-6-4-3-5-13(15)17/h3-8,11,18H,9-10H2,1-2H3/p+1. The van der Waals surface area contributed by atoms with Crippen molar-refractivity contribution in [2.45, 2.75) is 14.7 Å². The van der Waals surface area contributed by atoms with Crippen LogP contribution >= 0.6 is 23.4 Å². The number of hydrogen-bond acceptors (Lipinski definition) is 5. The van der Waals surface area contributed by atoms with Crippen molar-refractivity contribution in [3.63, 3.8) is 0 Å². The zero-order chi connectivity index (χ0) is 19.3. The van der Waals surface area contributed by atoms with Crippen LogP contribution < -0.4 is 9.62 Å². The third-order valence-corrected chi connectivity index (χ3v) is 6.45. The van der Waals surface area contributed by atoms with Crippen LogP contribution in [0.2, 0.25) is 5.02 Å². The van der Waals surface area contributed by atoms with Gasteiger partial charge in [-0.3, -0.25) is 10.1 Å². The van der Waals surface area contributed by atoms with E-state index in [1.165, 1.54) is 12.1 Å². The molecule has 140 valence electrons. The number of nitrogens with zero attached hydrogens (tertiary/aromatic N) is 1. The van der Waals surface area contributed by atoms with Crippen LogP contribution in [-0.2, 0) is 10.0 Å². The van der Waals surface area contributed by atoms with Crippen molar-refractivity contribution in [2.24, 2.45) is 0 Å². The van der Waals surface area contributed by atoms with E-state index >= 15 is 0 Å². The van der Waals surface area contributed by atoms with Gasteiger partial charge in [-0.15, -0.1) is 0 Å². The molecule has 10 heteroatoms. The van der Waals surface area contributed by atoms with E-state index in [0.717, 1.165) is 22.7 Å². The largest absolute Gasteiger partial charge is 0.339 e. The van der Waals surface area contributed by atoms with Gasteiger partial charge in [0.25, 0.3) is 5.69 Å². The molecule has 0 amide bonds. The molecule has 0 fully saturated rings. The Morgan fingerprint density at radius 2 is 1.88 bits per heavy atom. The molecule has 0 atom stereocenters. The highest BCUT2D eigenvalue weighted by atomic mass is 35.5. The molecule has 0 bridgehead atoms. The number of sulfonamides is 1. The summed E-state index contributed by atoms with van der Waals surface area (Å²) in [6.07, 6.45) is 0. The van der Waals surface area contributed by atoms with Gasteiger partial charge in [-0.2, -0.15) is 0 Å². The summed E-state index contributed by atoms with van der Waals surface area (Å²) in [4.78, 5) is 12.7. The average Bonchev–Trinajstić information content (AvgIpc) is 2.56. The van der Waals surface area contributed by atoms with Gasteiger partial charge in [0.2, 0.25) is 10.0 Å². The molecular weight excluding hydrogens is 398 g/mol. The number of nitro benzene ring substituents is 1. The van der Waals surface area contributed by atoms with Crippen molar-refractivity contribution in [3.8, 4) is 0 Å². The van der Waals surface area contributed by atoms with Gasteiger partial charge in [0, 0.05) is 11.0 Å². The number of benzene rings is 2. The van der Waals surface area contributed by atoms with Crippen molar-refractivity contribution in [3.05, 3.63) is 57.6 Å². The Kier molecular flexibility index (Phi) is 7.01. The monoisotopic (exact) mass is 416 g/mol. The first-order chi connectivity index (χ1) is 12.2. The number of rotatable bonds is 8. The summed E-state index contributed by atoms with van der Waals surface area (Å²) in [5, 5.41) is 11.9. The Bertz CT molecular complexity index is 904. The van der Waals surface area contributed by atoms with Crippen molar-refractivity contribution >= 4 is 39.1 Å². The van der Waals surface area contributed by atoms with Crippen LogP contribution in [0.1, 0.15) is 0 Å². The second-order valence-electron chi connectivity index (χ2n) is 5.77. The van der Waals surface area contributed by atoms with Crippen LogP contribution in [0.25, 0.3) is 0 Å². The first-order valence-corrected chi connectivity index (χ1v) is 10.4. The minimum atomic E-state index is -3.81. The summed E-state index contributed by atoms with van der Waals surface area (Å²) in [7, 11) is -0.00755. The number of quaternary nitrogens is 1. The molecule has 2 aromatic carbocycles. The Morgan fingerprint density at radius 3 is 2.50 bits per heavy atom. The van der Waals surface area contributed by atoms with Crippen LogP contribution in [0.5, 0.6) is 0 Å². The van der Waals surface area contributed by atoms with E-state index in [9.17, 15) is 18.5 Å². The number of nitro groups is 1. The quantitative estimate of drug-likeness (QED) is 0.505. The molecule has 0 spiro atoms. The first kappa shape index (κ1) is 20.7. The number of likely N-dealkylation sites (N-methyl/N-ethyl adjacent to an activating group) is 1. The summed E-state index contributed by atoms with van der Waals surface area (Å²) >= 11 is 7.21. The SMILES string of the molecule is C[NH+](C)CCNS(=O)(=O)c1ccc(Sc2ccccc2Cl)c([N+](=O)[O-])c1. The van der Waals surface area contributed by atoms with Crippen LogP contribution in [0, 0.1) is 10.1 Å². The summed E-state index contributed by atoms with van der Waals surface area (Å²) in [6.45, 7) is 0.844. The van der Waals surface area contributed by atoms with Gasteiger partial charge < -0.3 is 4.90 Å². The number of hydrogen-bond donors (Lipinski definition) is 2. The van der Waals surface area contributed by atoms with Crippen molar-refractivity contribution in [1.29, 1.82) is 0 Å². The van der Waals surface area contributed by atoms with E-state index in [2.05, 4.69) is 4.72 Å². The molecule has 2 N–H and O–H groups in total. The van der Waals surface area contributed by atoms with E-state index < -0.39 is 14.9 Å². The van der Waals surface area contributed by atoms with Crippen molar-refractivity contribution in [2.75, 3.05) is 27.2 Å². The smallest absolute Gasteiger partial charge is 0.284 e. The second kappa shape index (κ2) is 8.83. The number of halogens is 1. The minimum Gasteiger partial charge on any atom is -0.339 e. The molecule has 0 aliphatic carbocycles. The molecule has 0 saturated heterocycles. The van der Waals surface area contributed by atoms with Crippen LogP contribution in [0.4, 0.5) is 5.69 Å². The zero-order valence-corrected chi connectivity index (χ0v) is 16.6. The van der Waals surface area contributed by atoms with E-state index in [1.54, 1.807) is 24.3 Å². The molecule has 0 unspecified atom stereocenters. The van der Waals surface area contributed by atoms with E-state index in [4.69, 9.17) is 11.6 Å². The van der Waals surface area contributed by atoms with Crippen LogP contribution in [-0.4, -0.2) is 40.5 Å². The third kappa shape index (κ3) is 5.42. The Morgan fingerprint density at radius 1 is 1.19 bits per heavy atom. The van der Waals surface area contributed by atoms with E-state index in [1.807, 2.05) is 14.1 Å². The Labute approximate surface area is 161 Å². The predicted octanol–water partition coefficient (Wildman–Crippen LogP) is 1.82. The highest BCUT2D eigenvalue weighted by Crippen LogP contribution is 2.38. The van der Waals surface area contributed by atoms with Crippen molar-refractivity contribution < 1.29 is 18.2 Å². The Balaban J connectivity index is 2.31. The molecule has 2 rings (SSSR count). The normalized spacial score (nSPS) is 11.7. The molecular formula is C16H19ClN3O4S2+. The molecule has 2 aromatic rings. The van der Waals surface area contributed by atoms with Crippen molar-refractivity contribution in [1.82, 2.24) is 4.72 Å². The summed E-state index contributed by atoms with van der Waals surface area (Å²) < 4.78 is 27.1. The molecule has 0 heterocycles. The predicted molar refractivity (Wildman–Crippen MR) is 102 cm³/mol. The molecule has 0 aliphatic heterocycles. The van der Waals surface area contributed by atoms with Gasteiger partial charge in [0.15, 0.2) is 0 Å². The lowest BCUT2D eigenvalue weighted by molar-refractivity contribution is -0.856. The highest BCUT2D eigenvalue weighted by molar-refractivity contribution is 7.99. The molecule has 0 saturated carbocycles. The molecule has 0 aromatic heterocycles. The third-order valence-electron chi connectivity index (χ3n) is 3.41. The van der Waals surface area contributed by atoms with E-state index in [-0.39, 0.29) is 17.1 Å².